The highest BCUT2D eigenvalue weighted by molar-refractivity contribution is 5.10. The molecule has 0 spiro atoms. The van der Waals surface area contributed by atoms with Crippen LogP contribution < -0.4 is 0 Å². The van der Waals surface area contributed by atoms with Crippen LogP contribution in [0.15, 0.2) is 0 Å². The number of unbranched alkanes of at least 4 members (excludes halogenated alkanes) is 10. The lowest BCUT2D eigenvalue weighted by Gasteiger charge is -2.49. The maximum Gasteiger partial charge on any atom is 0.00985 e. The Morgan fingerprint density at radius 2 is 0.982 bits per heavy atom. The Kier molecular flexibility index (Phi) is 18.2. The van der Waals surface area contributed by atoms with Gasteiger partial charge in [0.15, 0.2) is 0 Å². The molecule has 6 saturated carbocycles. The monoisotopic (exact) mass is 762 g/mol. The Balaban J connectivity index is 1.11. The van der Waals surface area contributed by atoms with Crippen molar-refractivity contribution in [3.8, 4) is 0 Å². The van der Waals surface area contributed by atoms with E-state index in [4.69, 9.17) is 0 Å². The third-order valence-electron chi connectivity index (χ3n) is 19.3. The van der Waals surface area contributed by atoms with E-state index in [1.54, 1.807) is 70.6 Å². The molecular weight excluding hydrogens is 663 g/mol. The molecule has 0 aromatic carbocycles. The summed E-state index contributed by atoms with van der Waals surface area (Å²) in [6.07, 6.45) is 50.2. The summed E-state index contributed by atoms with van der Waals surface area (Å²) in [5.74, 6) is 11.3. The van der Waals surface area contributed by atoms with E-state index in [9.17, 15) is 0 Å². The van der Waals surface area contributed by atoms with Crippen LogP contribution in [0.1, 0.15) is 253 Å². The van der Waals surface area contributed by atoms with Crippen LogP contribution in [0.2, 0.25) is 0 Å². The number of hydrogen-bond donors (Lipinski definition) is 0. The molecule has 0 saturated heterocycles. The number of hydrogen-bond acceptors (Lipinski definition) is 1. The third-order valence-corrected chi connectivity index (χ3v) is 19.3. The highest BCUT2D eigenvalue weighted by Gasteiger charge is 2.60. The molecule has 55 heavy (non-hydrogen) atoms. The maximum atomic E-state index is 3.22. The van der Waals surface area contributed by atoms with Gasteiger partial charge >= 0.3 is 0 Å². The Morgan fingerprint density at radius 3 is 1.56 bits per heavy atom. The third kappa shape index (κ3) is 11.6. The van der Waals surface area contributed by atoms with Crippen molar-refractivity contribution in [2.45, 2.75) is 266 Å². The van der Waals surface area contributed by atoms with E-state index < -0.39 is 0 Å². The molecule has 0 heterocycles. The minimum atomic E-state index is 0.693. The molecule has 0 amide bonds. The molecule has 0 radical (unpaired) electrons. The first kappa shape index (κ1) is 44.5. The van der Waals surface area contributed by atoms with Crippen LogP contribution in [0.5, 0.6) is 0 Å². The van der Waals surface area contributed by atoms with Crippen LogP contribution in [0, 0.1) is 70.5 Å². The van der Waals surface area contributed by atoms with Gasteiger partial charge in [-0.05, 0) is 193 Å². The van der Waals surface area contributed by atoms with Gasteiger partial charge in [-0.15, -0.1) is 0 Å². The molecule has 0 N–H and O–H groups in total. The number of nitrogens with zero attached hydrogens (tertiary/aromatic N) is 1. The molecule has 6 rings (SSSR count). The van der Waals surface area contributed by atoms with Gasteiger partial charge in [0, 0.05) is 18.6 Å². The molecule has 6 fully saturated rings. The van der Waals surface area contributed by atoms with Gasteiger partial charge in [0.05, 0.1) is 0 Å². The average Bonchev–Trinajstić information content (AvgIpc) is 3.47. The zero-order valence-electron chi connectivity index (χ0n) is 38.5. The summed E-state index contributed by atoms with van der Waals surface area (Å²) in [6, 6.07) is 1.79. The number of rotatable bonds is 21. The van der Waals surface area contributed by atoms with E-state index in [2.05, 4.69) is 46.4 Å². The van der Waals surface area contributed by atoms with E-state index in [-0.39, 0.29) is 0 Å². The summed E-state index contributed by atoms with van der Waals surface area (Å²) < 4.78 is 0. The quantitative estimate of drug-likeness (QED) is 0.105. The predicted molar refractivity (Wildman–Crippen MR) is 242 cm³/mol. The molecule has 1 nitrogen and oxygen atoms in total. The second-order valence-corrected chi connectivity index (χ2v) is 22.6. The van der Waals surface area contributed by atoms with Gasteiger partial charge < -0.3 is 0 Å². The minimum Gasteiger partial charge on any atom is -0.297 e. The van der Waals surface area contributed by atoms with Crippen molar-refractivity contribution in [3.05, 3.63) is 0 Å². The molecule has 7 unspecified atom stereocenters. The summed E-state index contributed by atoms with van der Waals surface area (Å²) in [5, 5.41) is 0. The van der Waals surface area contributed by atoms with E-state index in [0.717, 1.165) is 77.2 Å². The fraction of sp³-hybridized carbons (Fsp3) is 1.00. The largest absolute Gasteiger partial charge is 0.297 e. The summed E-state index contributed by atoms with van der Waals surface area (Å²) in [4.78, 5) is 3.22. The van der Waals surface area contributed by atoms with Crippen molar-refractivity contribution >= 4 is 0 Å². The zero-order chi connectivity index (χ0) is 38.6. The van der Waals surface area contributed by atoms with Crippen molar-refractivity contribution in [2.75, 3.05) is 6.54 Å². The fourth-order valence-electron chi connectivity index (χ4n) is 15.7. The average molecular weight is 762 g/mol. The van der Waals surface area contributed by atoms with Crippen LogP contribution in [0.25, 0.3) is 0 Å². The van der Waals surface area contributed by atoms with Crippen molar-refractivity contribution < 1.29 is 0 Å². The second kappa shape index (κ2) is 22.5. The lowest BCUT2D eigenvalue weighted by Crippen LogP contribution is -2.49. The van der Waals surface area contributed by atoms with Gasteiger partial charge in [0.25, 0.3) is 0 Å². The lowest BCUT2D eigenvalue weighted by molar-refractivity contribution is 0.00582. The Bertz CT molecular complexity index is 1010. The van der Waals surface area contributed by atoms with Crippen LogP contribution >= 0.6 is 0 Å². The van der Waals surface area contributed by atoms with Gasteiger partial charge in [-0.1, -0.05) is 131 Å². The van der Waals surface area contributed by atoms with E-state index in [0.29, 0.717) is 5.41 Å². The summed E-state index contributed by atoms with van der Waals surface area (Å²) in [5.41, 5.74) is 0.693. The molecule has 6 aliphatic carbocycles. The molecule has 320 valence electrons. The highest BCUT2D eigenvalue weighted by atomic mass is 15.2. The Labute approximate surface area is 346 Å². The second-order valence-electron chi connectivity index (χ2n) is 22.6. The minimum absolute atomic E-state index is 0.693. The van der Waals surface area contributed by atoms with Gasteiger partial charge in [0.2, 0.25) is 0 Å². The predicted octanol–water partition coefficient (Wildman–Crippen LogP) is 16.9. The Hall–Kier alpha value is -0.0400. The van der Waals surface area contributed by atoms with Gasteiger partial charge in [-0.2, -0.15) is 0 Å². The fourth-order valence-corrected chi connectivity index (χ4v) is 15.7. The first-order valence-electron chi connectivity index (χ1n) is 26.6. The zero-order valence-corrected chi connectivity index (χ0v) is 38.5. The smallest absolute Gasteiger partial charge is 0.00985 e. The van der Waals surface area contributed by atoms with Crippen LogP contribution in [0.3, 0.4) is 0 Å². The normalized spacial score (nSPS) is 38.5. The molecule has 0 aliphatic heterocycles. The van der Waals surface area contributed by atoms with Crippen LogP contribution in [0.4, 0.5) is 0 Å². The van der Waals surface area contributed by atoms with Crippen molar-refractivity contribution in [2.24, 2.45) is 70.5 Å². The summed E-state index contributed by atoms with van der Waals surface area (Å²) >= 11 is 0. The lowest BCUT2D eigenvalue weighted by atomic mass is 9.57. The van der Waals surface area contributed by atoms with Crippen molar-refractivity contribution in [1.29, 1.82) is 0 Å². The van der Waals surface area contributed by atoms with Gasteiger partial charge in [-0.25, -0.2) is 0 Å². The molecule has 7 atom stereocenters. The van der Waals surface area contributed by atoms with Crippen molar-refractivity contribution in [1.82, 2.24) is 4.90 Å². The summed E-state index contributed by atoms with van der Waals surface area (Å²) in [6.45, 7) is 16.4. The number of fused-ring (bicyclic) bond motifs is 3. The molecular formula is C54H99N. The molecule has 1 heteroatoms. The first-order chi connectivity index (χ1) is 26.9. The molecule has 0 bridgehead atoms. The topological polar surface area (TPSA) is 3.24 Å². The Morgan fingerprint density at radius 1 is 0.491 bits per heavy atom. The summed E-state index contributed by atoms with van der Waals surface area (Å²) in [7, 11) is 0. The highest BCUT2D eigenvalue weighted by Crippen LogP contribution is 2.68. The standard InChI is InChI=1S/C54H99N/c1-7-10-12-14-16-18-36-54(37-19-17-15-13-11-8-2)52-38-42(5)22-34-50(52)51-35-29-47(39-53(51)54)46-27-32-49(33-28-46)55(48-30-20-41(4)21-31-48)40-44-23-25-45(26-24-44)43(6)9-3/h41-53H,7-40H2,1-6H3. The first-order valence-corrected chi connectivity index (χ1v) is 26.6. The van der Waals surface area contributed by atoms with E-state index in [1.165, 1.54) is 148 Å². The van der Waals surface area contributed by atoms with E-state index >= 15 is 0 Å². The molecule has 0 aromatic rings. The molecule has 6 aliphatic rings. The van der Waals surface area contributed by atoms with Gasteiger partial charge in [0.1, 0.15) is 0 Å². The van der Waals surface area contributed by atoms with Crippen molar-refractivity contribution in [3.63, 3.8) is 0 Å². The van der Waals surface area contributed by atoms with Crippen LogP contribution in [-0.2, 0) is 0 Å². The van der Waals surface area contributed by atoms with Gasteiger partial charge in [-0.3, -0.25) is 4.90 Å². The molecule has 0 aromatic heterocycles. The van der Waals surface area contributed by atoms with E-state index in [1.807, 2.05) is 0 Å². The van der Waals surface area contributed by atoms with Crippen LogP contribution in [-0.4, -0.2) is 23.5 Å². The SMILES string of the molecule is CCCCCCCCC1(CCCCCCCC)C2CC(C)CCC2C2CCC(C3CCC(N(CC4CCC(C(C)CC)CC4)C4CCC(C)CC4)CC3)CC21. The maximum absolute atomic E-state index is 3.22.